The molecule has 4 aromatic carbocycles. The molecule has 0 fully saturated rings. The summed E-state index contributed by atoms with van der Waals surface area (Å²) in [6.07, 6.45) is 1.26. The second-order valence-corrected chi connectivity index (χ2v) is 19.9. The Kier molecular flexibility index (Phi) is 24.6. The fourth-order valence-corrected chi connectivity index (χ4v) is 9.44. The zero-order valence-electron chi connectivity index (χ0n) is 40.5. The molecule has 0 aliphatic rings. The zero-order chi connectivity index (χ0) is 52.3. The number of hydrogen-bond donors (Lipinski definition) is 7. The van der Waals surface area contributed by atoms with Gasteiger partial charge in [-0.05, 0) is 72.2 Å². The third-order valence-electron chi connectivity index (χ3n) is 10.5. The molecule has 0 aliphatic carbocycles. The average molecular weight is 1100 g/mol. The first-order valence-electron chi connectivity index (χ1n) is 22.2. The van der Waals surface area contributed by atoms with Gasteiger partial charge < -0.3 is 46.0 Å². The molecule has 6 aromatic rings. The maximum absolute atomic E-state index is 13.3. The highest BCUT2D eigenvalue weighted by Gasteiger charge is 2.28. The lowest BCUT2D eigenvalue weighted by molar-refractivity contribution is -0.124. The molecule has 21 nitrogen and oxygen atoms in total. The molecule has 4 atom stereocenters. The number of aryl methyl sites for hydroxylation is 2. The van der Waals surface area contributed by atoms with E-state index >= 15 is 0 Å². The first kappa shape index (κ1) is 61.3. The SMILES string of the molecule is C.CCc1nc([C@H](Cc2ccc(NS(=O)(=O)[O-])cc2)NC(=O)[C@H](Cc2ccccc2)NC(=O)OC)cs1.CCc1nc([C@H](Cc2ccc(NS(=O)(=O)[O-])cc2)NC(=O)[C@H](Cc2ccccc2)NC(=O)OC)cs1.[NH4+]. The maximum Gasteiger partial charge on any atom is 0.407 e. The topological polar surface area (TPSA) is 336 Å². The lowest BCUT2D eigenvalue weighted by Crippen LogP contribution is -2.49. The second kappa shape index (κ2) is 29.6. The molecule has 74 heavy (non-hydrogen) atoms. The fraction of sp³-hybridized carbons (Fsp3) is 0.306. The molecule has 10 N–H and O–H groups in total. The van der Waals surface area contributed by atoms with Crippen LogP contribution < -0.4 is 36.9 Å². The molecule has 0 aliphatic heterocycles. The van der Waals surface area contributed by atoms with Crippen molar-refractivity contribution < 1.29 is 54.6 Å². The number of benzene rings is 4. The summed E-state index contributed by atoms with van der Waals surface area (Å²) in [4.78, 5) is 59.8. The molecule has 0 saturated heterocycles. The van der Waals surface area contributed by atoms with Crippen LogP contribution in [0.2, 0.25) is 0 Å². The van der Waals surface area contributed by atoms with Gasteiger partial charge in [-0.15, -0.1) is 22.7 Å². The summed E-state index contributed by atoms with van der Waals surface area (Å²) < 4.78 is 78.8. The van der Waals surface area contributed by atoms with Crippen molar-refractivity contribution in [2.75, 3.05) is 23.7 Å². The van der Waals surface area contributed by atoms with Crippen molar-refractivity contribution in [2.45, 2.75) is 84.0 Å². The number of nitrogens with zero attached hydrogens (tertiary/aromatic N) is 2. The number of nitrogens with one attached hydrogen (secondary N) is 6. The van der Waals surface area contributed by atoms with E-state index in [0.29, 0.717) is 24.2 Å². The Hall–Kier alpha value is -7.00. The van der Waals surface area contributed by atoms with Crippen LogP contribution in [0.5, 0.6) is 0 Å². The first-order valence-corrected chi connectivity index (χ1v) is 26.8. The fourth-order valence-electron chi connectivity index (χ4n) is 7.00. The van der Waals surface area contributed by atoms with Gasteiger partial charge in [0.15, 0.2) is 20.6 Å². The monoisotopic (exact) mass is 1100 g/mol. The number of alkyl carbamates (subject to hydrolysis) is 2. The number of rotatable bonds is 22. The van der Waals surface area contributed by atoms with Crippen molar-refractivity contribution in [3.63, 3.8) is 0 Å². The summed E-state index contributed by atoms with van der Waals surface area (Å²) in [5.74, 6) is -0.813. The Morgan fingerprint density at radius 2 is 0.851 bits per heavy atom. The van der Waals surface area contributed by atoms with Crippen molar-refractivity contribution in [3.8, 4) is 0 Å². The van der Waals surface area contributed by atoms with E-state index in [1.165, 1.54) is 61.2 Å². The molecule has 6 rings (SSSR count). The number of methoxy groups -OCH3 is 2. The van der Waals surface area contributed by atoms with Gasteiger partial charge in [0, 0.05) is 35.0 Å². The van der Waals surface area contributed by atoms with E-state index in [-0.39, 0.29) is 37.8 Å². The van der Waals surface area contributed by atoms with Crippen molar-refractivity contribution >= 4 is 78.7 Å². The van der Waals surface area contributed by atoms with E-state index in [9.17, 15) is 45.1 Å². The van der Waals surface area contributed by atoms with Crippen molar-refractivity contribution in [3.05, 3.63) is 164 Å². The minimum atomic E-state index is -4.63. The molecule has 0 spiro atoms. The van der Waals surface area contributed by atoms with E-state index in [4.69, 9.17) is 9.47 Å². The maximum atomic E-state index is 13.3. The van der Waals surface area contributed by atoms with Crippen molar-refractivity contribution in [1.29, 1.82) is 0 Å². The zero-order valence-corrected chi connectivity index (χ0v) is 43.8. The van der Waals surface area contributed by atoms with Crippen LogP contribution in [0.3, 0.4) is 0 Å². The van der Waals surface area contributed by atoms with E-state index in [2.05, 4.69) is 31.2 Å². The molecule has 2 aromatic heterocycles. The Morgan fingerprint density at radius 1 is 0.527 bits per heavy atom. The predicted molar refractivity (Wildman–Crippen MR) is 283 cm³/mol. The van der Waals surface area contributed by atoms with Crippen LogP contribution >= 0.6 is 22.7 Å². The van der Waals surface area contributed by atoms with Gasteiger partial charge in [0.2, 0.25) is 11.8 Å². The van der Waals surface area contributed by atoms with Crippen LogP contribution in [0, 0.1) is 0 Å². The predicted octanol–water partition coefficient (Wildman–Crippen LogP) is 6.90. The molecule has 0 unspecified atom stereocenters. The summed E-state index contributed by atoms with van der Waals surface area (Å²) in [7, 11) is -6.80. The number of thiazole rings is 2. The van der Waals surface area contributed by atoms with Gasteiger partial charge in [-0.1, -0.05) is 106 Å². The third-order valence-corrected chi connectivity index (χ3v) is 13.5. The van der Waals surface area contributed by atoms with Gasteiger partial charge in [0.1, 0.15) is 12.1 Å². The Bertz CT molecular complexity index is 2730. The number of aromatic nitrogens is 2. The van der Waals surface area contributed by atoms with Crippen LogP contribution in [0.4, 0.5) is 21.0 Å². The van der Waals surface area contributed by atoms with Crippen LogP contribution in [-0.4, -0.2) is 86.2 Å². The third kappa shape index (κ3) is 20.9. The molecular formula is C49H62N9O12S4-. The molecule has 0 saturated carbocycles. The number of carbonyl (C=O) groups is 4. The molecule has 0 radical (unpaired) electrons. The first-order chi connectivity index (χ1) is 34.3. The summed E-state index contributed by atoms with van der Waals surface area (Å²) in [6, 6.07) is 28.3. The van der Waals surface area contributed by atoms with Gasteiger partial charge >= 0.3 is 12.2 Å². The summed E-state index contributed by atoms with van der Waals surface area (Å²) in [5, 5.41) is 16.8. The molecule has 4 amide bonds. The number of carbonyl (C=O) groups excluding carboxylic acids is 4. The number of quaternary nitrogens is 1. The largest absolute Gasteiger partial charge is 0.731 e. The molecule has 400 valence electrons. The number of amides is 4. The van der Waals surface area contributed by atoms with Crippen molar-refractivity contribution in [2.24, 2.45) is 0 Å². The van der Waals surface area contributed by atoms with Crippen molar-refractivity contribution in [1.82, 2.24) is 37.4 Å². The van der Waals surface area contributed by atoms with Crippen LogP contribution in [0.1, 0.15) is 77.0 Å². The molecule has 2 heterocycles. The summed E-state index contributed by atoms with van der Waals surface area (Å²) in [5.41, 5.74) is 4.91. The second-order valence-electron chi connectivity index (χ2n) is 15.8. The lowest BCUT2D eigenvalue weighted by atomic mass is 10.0. The van der Waals surface area contributed by atoms with Gasteiger partial charge in [-0.3, -0.25) is 19.0 Å². The summed E-state index contributed by atoms with van der Waals surface area (Å²) >= 11 is 2.97. The van der Waals surface area contributed by atoms with Gasteiger partial charge in [0.25, 0.3) is 0 Å². The van der Waals surface area contributed by atoms with Gasteiger partial charge in [0.05, 0.1) is 47.7 Å². The van der Waals surface area contributed by atoms with E-state index in [1.807, 2.05) is 94.7 Å². The number of ether oxygens (including phenoxy) is 2. The standard InChI is InChI=1S/2C24H28N4O6S2.CH4.H3N/c2*1-3-22-25-21(15-35-22)19(13-17-9-11-18(12-10-17)28-36(31,32)33)26-23(29)20(27-24(30)34-2)14-16-7-5-4-6-8-16;;/h2*4-12,15,19-20,28H,3,13-14H2,1-2H3,(H,26,29)(H,27,30)(H,31,32,33);1H4;1H3/p-1/t2*19-,20-;;/m00../s1. The quantitative estimate of drug-likeness (QED) is 0.0340. The molecule has 0 bridgehead atoms. The Labute approximate surface area is 439 Å². The minimum Gasteiger partial charge on any atom is -0.731 e. The highest BCUT2D eigenvalue weighted by Crippen LogP contribution is 2.25. The van der Waals surface area contributed by atoms with Gasteiger partial charge in [-0.25, -0.2) is 36.4 Å². The minimum absolute atomic E-state index is 0. The molecule has 25 heteroatoms. The van der Waals surface area contributed by atoms with E-state index < -0.39 is 68.8 Å². The number of anilines is 2. The van der Waals surface area contributed by atoms with E-state index in [1.54, 1.807) is 24.3 Å². The Morgan fingerprint density at radius 3 is 1.14 bits per heavy atom. The van der Waals surface area contributed by atoms with Crippen LogP contribution in [0.15, 0.2) is 120 Å². The normalized spacial score (nSPS) is 12.5. The smallest absolute Gasteiger partial charge is 0.407 e. The number of hydrogen-bond acceptors (Lipinski definition) is 16. The van der Waals surface area contributed by atoms with Crippen LogP contribution in [-0.2, 0) is 78.2 Å². The lowest BCUT2D eigenvalue weighted by Gasteiger charge is -2.23. The average Bonchev–Trinajstić information content (AvgIpc) is 4.05. The highest BCUT2D eigenvalue weighted by molar-refractivity contribution is 7.87. The highest BCUT2D eigenvalue weighted by atomic mass is 32.2. The summed E-state index contributed by atoms with van der Waals surface area (Å²) in [6.45, 7) is 3.98. The van der Waals surface area contributed by atoms with Gasteiger partial charge in [-0.2, -0.15) is 0 Å². The van der Waals surface area contributed by atoms with E-state index in [0.717, 1.165) is 45.1 Å². The Balaban J connectivity index is 0.000000380. The molecular weight excluding hydrogens is 1030 g/mol. The van der Waals surface area contributed by atoms with Crippen LogP contribution in [0.25, 0.3) is 0 Å².